The Balaban J connectivity index is 1.56. The lowest BCUT2D eigenvalue weighted by Crippen LogP contribution is -2.11. The molecule has 1 fully saturated rings. The molecular weight excluding hydrogens is 300 g/mol. The van der Waals surface area contributed by atoms with Crippen molar-refractivity contribution in [3.8, 4) is 0 Å². The van der Waals surface area contributed by atoms with E-state index in [1.165, 1.54) is 24.2 Å². The highest BCUT2D eigenvalue weighted by atomic mass is 32.1. The molecule has 7 nitrogen and oxygen atoms in total. The largest absolute Gasteiger partial charge is 0.296 e. The van der Waals surface area contributed by atoms with Gasteiger partial charge in [0.2, 0.25) is 5.13 Å². The van der Waals surface area contributed by atoms with Gasteiger partial charge in [0.1, 0.15) is 10.5 Å². The predicted molar refractivity (Wildman–Crippen MR) is 83.0 cm³/mol. The number of aromatic nitrogens is 5. The first kappa shape index (κ1) is 13.3. The molecule has 3 aromatic rings. The third-order valence-corrected chi connectivity index (χ3v) is 4.66. The number of hydrogen-bond donors (Lipinski definition) is 1. The molecule has 0 radical (unpaired) electrons. The fraction of sp³-hybridized carbons (Fsp3) is 0.357. The highest BCUT2D eigenvalue weighted by molar-refractivity contribution is 7.15. The Morgan fingerprint density at radius 1 is 1.36 bits per heavy atom. The number of benzene rings is 1. The lowest BCUT2D eigenvalue weighted by atomic mass is 10.2. The maximum atomic E-state index is 12.3. The molecule has 2 heterocycles. The number of nitrogens with one attached hydrogen (secondary N) is 1. The molecule has 0 atom stereocenters. The molecule has 0 bridgehead atoms. The molecule has 0 spiro atoms. The Kier molecular flexibility index (Phi) is 3.11. The number of fused-ring (bicyclic) bond motifs is 1. The van der Waals surface area contributed by atoms with Gasteiger partial charge in [0.15, 0.2) is 0 Å². The van der Waals surface area contributed by atoms with E-state index in [1.807, 2.05) is 13.0 Å². The van der Waals surface area contributed by atoms with Crippen molar-refractivity contribution in [1.29, 1.82) is 0 Å². The minimum Gasteiger partial charge on any atom is -0.296 e. The minimum absolute atomic E-state index is 0.202. The van der Waals surface area contributed by atoms with Gasteiger partial charge in [0.05, 0.1) is 5.52 Å². The average Bonchev–Trinajstić information content (AvgIpc) is 3.14. The van der Waals surface area contributed by atoms with E-state index in [1.54, 1.807) is 16.8 Å². The monoisotopic (exact) mass is 314 g/mol. The molecule has 0 unspecified atom stereocenters. The number of rotatable bonds is 4. The normalized spacial score (nSPS) is 14.4. The van der Waals surface area contributed by atoms with Crippen LogP contribution in [-0.2, 0) is 6.54 Å². The quantitative estimate of drug-likeness (QED) is 0.799. The van der Waals surface area contributed by atoms with Gasteiger partial charge in [-0.15, -0.1) is 15.3 Å². The van der Waals surface area contributed by atoms with Crippen molar-refractivity contribution in [1.82, 2.24) is 25.2 Å². The summed E-state index contributed by atoms with van der Waals surface area (Å²) in [5.41, 5.74) is 2.18. The van der Waals surface area contributed by atoms with E-state index < -0.39 is 0 Å². The number of hydrogen-bond acceptors (Lipinski definition) is 6. The zero-order chi connectivity index (χ0) is 15.1. The summed E-state index contributed by atoms with van der Waals surface area (Å²) >= 11 is 1.45. The van der Waals surface area contributed by atoms with Gasteiger partial charge in [-0.05, 0) is 38.0 Å². The van der Waals surface area contributed by atoms with E-state index in [0.29, 0.717) is 22.1 Å². The molecule has 1 amide bonds. The maximum Gasteiger partial charge on any atom is 0.257 e. The smallest absolute Gasteiger partial charge is 0.257 e. The number of amides is 1. The number of carbonyl (C=O) groups excluding carboxylic acids is 1. The van der Waals surface area contributed by atoms with Crippen LogP contribution in [0.1, 0.15) is 41.0 Å². The van der Waals surface area contributed by atoms with Gasteiger partial charge < -0.3 is 0 Å². The van der Waals surface area contributed by atoms with Crippen LogP contribution in [0.15, 0.2) is 18.2 Å². The highest BCUT2D eigenvalue weighted by Gasteiger charge is 2.27. The van der Waals surface area contributed by atoms with E-state index in [0.717, 1.165) is 17.1 Å². The van der Waals surface area contributed by atoms with Crippen molar-refractivity contribution in [2.45, 2.75) is 32.2 Å². The van der Waals surface area contributed by atoms with Crippen LogP contribution in [-0.4, -0.2) is 31.1 Å². The van der Waals surface area contributed by atoms with Crippen LogP contribution in [0.3, 0.4) is 0 Å². The Labute approximate surface area is 130 Å². The van der Waals surface area contributed by atoms with E-state index in [4.69, 9.17) is 0 Å². The van der Waals surface area contributed by atoms with Crippen LogP contribution in [0.5, 0.6) is 0 Å². The first-order valence-corrected chi connectivity index (χ1v) is 8.04. The van der Waals surface area contributed by atoms with Gasteiger partial charge in [-0.1, -0.05) is 16.6 Å². The van der Waals surface area contributed by atoms with Crippen LogP contribution in [0, 0.1) is 0 Å². The Hall–Kier alpha value is -2.35. The molecule has 0 aliphatic heterocycles. The third-order valence-electron chi connectivity index (χ3n) is 3.66. The molecule has 0 saturated heterocycles. The SMILES string of the molecule is CCn1nnc2cc(C(=O)Nc3nnc(C4CC4)s3)ccc21. The molecule has 22 heavy (non-hydrogen) atoms. The molecule has 1 aromatic carbocycles. The highest BCUT2D eigenvalue weighted by Crippen LogP contribution is 2.42. The van der Waals surface area contributed by atoms with Gasteiger partial charge in [-0.25, -0.2) is 4.68 Å². The molecule has 1 aliphatic carbocycles. The molecule has 1 saturated carbocycles. The lowest BCUT2D eigenvalue weighted by molar-refractivity contribution is 0.102. The summed E-state index contributed by atoms with van der Waals surface area (Å²) in [7, 11) is 0. The standard InChI is InChI=1S/C14H14N6OS/c1-2-20-11-6-5-9(7-10(11)16-19-20)12(21)15-14-18-17-13(22-14)8-3-4-8/h5-8H,2-4H2,1H3,(H,15,18,21). The van der Waals surface area contributed by atoms with Gasteiger partial charge in [-0.2, -0.15) is 0 Å². The third kappa shape index (κ3) is 2.35. The van der Waals surface area contributed by atoms with Gasteiger partial charge in [0, 0.05) is 18.0 Å². The fourth-order valence-electron chi connectivity index (χ4n) is 2.30. The van der Waals surface area contributed by atoms with E-state index >= 15 is 0 Å². The van der Waals surface area contributed by atoms with Crippen molar-refractivity contribution in [2.24, 2.45) is 0 Å². The summed E-state index contributed by atoms with van der Waals surface area (Å²) in [5, 5.41) is 20.6. The van der Waals surface area contributed by atoms with Crippen LogP contribution < -0.4 is 5.32 Å². The fourth-order valence-corrected chi connectivity index (χ4v) is 3.20. The van der Waals surface area contributed by atoms with E-state index in [-0.39, 0.29) is 5.91 Å². The topological polar surface area (TPSA) is 85.6 Å². The number of nitrogens with zero attached hydrogens (tertiary/aromatic N) is 5. The summed E-state index contributed by atoms with van der Waals surface area (Å²) < 4.78 is 1.80. The summed E-state index contributed by atoms with van der Waals surface area (Å²) in [6.07, 6.45) is 2.35. The molecule has 2 aromatic heterocycles. The molecule has 1 N–H and O–H groups in total. The summed E-state index contributed by atoms with van der Waals surface area (Å²) in [4.78, 5) is 12.3. The van der Waals surface area contributed by atoms with Gasteiger partial charge >= 0.3 is 0 Å². The van der Waals surface area contributed by atoms with Gasteiger partial charge in [-0.3, -0.25) is 10.1 Å². The maximum absolute atomic E-state index is 12.3. The van der Waals surface area contributed by atoms with Crippen LogP contribution in [0.25, 0.3) is 11.0 Å². The van der Waals surface area contributed by atoms with Crippen molar-refractivity contribution in [3.63, 3.8) is 0 Å². The second kappa shape index (κ2) is 5.13. The first-order chi connectivity index (χ1) is 10.7. The molecule has 4 rings (SSSR count). The summed E-state index contributed by atoms with van der Waals surface area (Å²) in [5.74, 6) is 0.343. The Bertz CT molecular complexity index is 850. The van der Waals surface area contributed by atoms with Crippen molar-refractivity contribution >= 4 is 33.4 Å². The van der Waals surface area contributed by atoms with Crippen LogP contribution in [0.2, 0.25) is 0 Å². The Morgan fingerprint density at radius 3 is 3.00 bits per heavy atom. The number of aryl methyl sites for hydroxylation is 1. The Morgan fingerprint density at radius 2 is 2.23 bits per heavy atom. The molecular formula is C14H14N6OS. The first-order valence-electron chi connectivity index (χ1n) is 7.22. The predicted octanol–water partition coefficient (Wildman–Crippen LogP) is 2.43. The van der Waals surface area contributed by atoms with E-state index in [2.05, 4.69) is 25.8 Å². The molecule has 1 aliphatic rings. The summed E-state index contributed by atoms with van der Waals surface area (Å²) in [6, 6.07) is 5.38. The van der Waals surface area contributed by atoms with Gasteiger partial charge in [0.25, 0.3) is 5.91 Å². The molecule has 8 heteroatoms. The van der Waals surface area contributed by atoms with Crippen LogP contribution in [0.4, 0.5) is 5.13 Å². The zero-order valence-corrected chi connectivity index (χ0v) is 12.8. The zero-order valence-electron chi connectivity index (χ0n) is 12.0. The second-order valence-electron chi connectivity index (χ2n) is 5.28. The molecule has 112 valence electrons. The second-order valence-corrected chi connectivity index (χ2v) is 6.29. The number of anilines is 1. The summed E-state index contributed by atoms with van der Waals surface area (Å²) in [6.45, 7) is 2.75. The lowest BCUT2D eigenvalue weighted by Gasteiger charge is -2.01. The van der Waals surface area contributed by atoms with Crippen LogP contribution >= 0.6 is 11.3 Å². The van der Waals surface area contributed by atoms with Crippen molar-refractivity contribution in [3.05, 3.63) is 28.8 Å². The number of carbonyl (C=O) groups is 1. The van der Waals surface area contributed by atoms with Crippen molar-refractivity contribution in [2.75, 3.05) is 5.32 Å². The van der Waals surface area contributed by atoms with Crippen molar-refractivity contribution < 1.29 is 4.79 Å². The van der Waals surface area contributed by atoms with E-state index in [9.17, 15) is 4.79 Å². The minimum atomic E-state index is -0.202. The average molecular weight is 314 g/mol.